The Morgan fingerprint density at radius 3 is 2.25 bits per heavy atom. The van der Waals surface area contributed by atoms with E-state index in [0.29, 0.717) is 12.0 Å². The molecule has 1 aliphatic rings. The second kappa shape index (κ2) is 10.3. The minimum atomic E-state index is 0.286. The van der Waals surface area contributed by atoms with Crippen LogP contribution < -0.4 is 10.6 Å². The third-order valence-corrected chi connectivity index (χ3v) is 6.03. The molecule has 0 aromatic carbocycles. The van der Waals surface area contributed by atoms with Crippen molar-refractivity contribution in [1.82, 2.24) is 30.2 Å². The highest BCUT2D eigenvalue weighted by molar-refractivity contribution is 5.80. The number of aryl methyl sites for hydroxylation is 2. The van der Waals surface area contributed by atoms with Crippen LogP contribution in [0.3, 0.4) is 0 Å². The molecular formula is C21H41N7. The number of hydrogen-bond acceptors (Lipinski definition) is 4. The molecule has 160 valence electrons. The van der Waals surface area contributed by atoms with Crippen LogP contribution in [-0.2, 0) is 13.5 Å². The van der Waals surface area contributed by atoms with E-state index in [4.69, 9.17) is 0 Å². The third-order valence-electron chi connectivity index (χ3n) is 6.03. The van der Waals surface area contributed by atoms with E-state index < -0.39 is 0 Å². The Bertz CT molecular complexity index is 641. The zero-order valence-corrected chi connectivity index (χ0v) is 19.2. The van der Waals surface area contributed by atoms with Crippen molar-refractivity contribution in [3.63, 3.8) is 0 Å². The number of guanidine groups is 1. The third kappa shape index (κ3) is 5.95. The maximum atomic E-state index is 4.53. The van der Waals surface area contributed by atoms with Gasteiger partial charge in [-0.1, -0.05) is 13.8 Å². The van der Waals surface area contributed by atoms with Crippen LogP contribution >= 0.6 is 0 Å². The summed E-state index contributed by atoms with van der Waals surface area (Å²) >= 11 is 0. The largest absolute Gasteiger partial charge is 0.355 e. The van der Waals surface area contributed by atoms with Gasteiger partial charge in [0.2, 0.25) is 0 Å². The lowest BCUT2D eigenvalue weighted by atomic mass is 10.0. The quantitative estimate of drug-likeness (QED) is 0.544. The highest BCUT2D eigenvalue weighted by Gasteiger charge is 2.25. The van der Waals surface area contributed by atoms with Crippen LogP contribution in [0, 0.1) is 19.8 Å². The van der Waals surface area contributed by atoms with Gasteiger partial charge in [0.1, 0.15) is 0 Å². The maximum Gasteiger partial charge on any atom is 0.191 e. The lowest BCUT2D eigenvalue weighted by molar-refractivity contribution is 0.0900. The van der Waals surface area contributed by atoms with Crippen molar-refractivity contribution in [3.8, 4) is 0 Å². The number of rotatable bonds is 7. The van der Waals surface area contributed by atoms with Crippen LogP contribution in [0.25, 0.3) is 0 Å². The first-order valence-corrected chi connectivity index (χ1v) is 10.6. The van der Waals surface area contributed by atoms with Crippen LogP contribution in [0.4, 0.5) is 0 Å². The van der Waals surface area contributed by atoms with E-state index in [-0.39, 0.29) is 6.04 Å². The molecule has 0 aliphatic carbocycles. The average molecular weight is 392 g/mol. The van der Waals surface area contributed by atoms with Crippen LogP contribution in [0.15, 0.2) is 4.99 Å². The SMILES string of the molecule is CN=C(NCC(C(C)C)N1CCN(C)CC1)NC(C)Cc1c(C)nn(C)c1C. The fraction of sp³-hybridized carbons (Fsp3) is 0.810. The Balaban J connectivity index is 1.90. The second-order valence-electron chi connectivity index (χ2n) is 8.63. The molecule has 1 aromatic heterocycles. The molecule has 1 fully saturated rings. The number of hydrogen-bond donors (Lipinski definition) is 2. The van der Waals surface area contributed by atoms with Gasteiger partial charge in [-0.05, 0) is 45.7 Å². The van der Waals surface area contributed by atoms with Gasteiger partial charge in [-0.2, -0.15) is 5.10 Å². The number of aliphatic imine (C=N–C) groups is 1. The molecule has 2 heterocycles. The standard InChI is InChI=1S/C21H41N7/c1-15(2)20(28-11-9-26(7)10-12-28)14-23-21(22-6)24-16(3)13-19-17(4)25-27(8)18(19)5/h15-16,20H,9-14H2,1-8H3,(H2,22,23,24). The van der Waals surface area contributed by atoms with Crippen LogP contribution in [0.2, 0.25) is 0 Å². The van der Waals surface area contributed by atoms with Crippen LogP contribution in [-0.4, -0.2) is 84.4 Å². The van der Waals surface area contributed by atoms with Gasteiger partial charge in [0, 0.05) is 64.6 Å². The summed E-state index contributed by atoms with van der Waals surface area (Å²) in [5.41, 5.74) is 3.69. The predicted octanol–water partition coefficient (Wildman–Crippen LogP) is 1.40. The smallest absolute Gasteiger partial charge is 0.191 e. The van der Waals surface area contributed by atoms with E-state index in [0.717, 1.165) is 50.8 Å². The fourth-order valence-electron chi connectivity index (χ4n) is 4.04. The molecule has 2 unspecified atom stereocenters. The van der Waals surface area contributed by atoms with Gasteiger partial charge in [0.15, 0.2) is 5.96 Å². The molecule has 0 spiro atoms. The van der Waals surface area contributed by atoms with E-state index in [1.807, 2.05) is 18.8 Å². The highest BCUT2D eigenvalue weighted by Crippen LogP contribution is 2.15. The summed E-state index contributed by atoms with van der Waals surface area (Å²) < 4.78 is 1.97. The van der Waals surface area contributed by atoms with E-state index in [9.17, 15) is 0 Å². The number of nitrogens with one attached hydrogen (secondary N) is 2. The molecule has 0 amide bonds. The van der Waals surface area contributed by atoms with Crippen molar-refractivity contribution >= 4 is 5.96 Å². The number of likely N-dealkylation sites (N-methyl/N-ethyl adjacent to an activating group) is 1. The van der Waals surface area contributed by atoms with Crippen molar-refractivity contribution in [3.05, 3.63) is 17.0 Å². The molecule has 1 aliphatic heterocycles. The maximum absolute atomic E-state index is 4.53. The molecular weight excluding hydrogens is 350 g/mol. The van der Waals surface area contributed by atoms with E-state index in [1.165, 1.54) is 11.3 Å². The summed E-state index contributed by atoms with van der Waals surface area (Å²) in [6, 6.07) is 0.805. The fourth-order valence-corrected chi connectivity index (χ4v) is 4.04. The summed E-state index contributed by atoms with van der Waals surface area (Å²) in [6.07, 6.45) is 0.943. The van der Waals surface area contributed by atoms with Gasteiger partial charge >= 0.3 is 0 Å². The van der Waals surface area contributed by atoms with Gasteiger partial charge in [0.25, 0.3) is 0 Å². The molecule has 28 heavy (non-hydrogen) atoms. The molecule has 0 saturated carbocycles. The summed E-state index contributed by atoms with van der Waals surface area (Å²) in [5, 5.41) is 11.7. The number of aromatic nitrogens is 2. The van der Waals surface area contributed by atoms with Gasteiger partial charge in [-0.25, -0.2) is 0 Å². The molecule has 0 radical (unpaired) electrons. The predicted molar refractivity (Wildman–Crippen MR) is 118 cm³/mol. The molecule has 1 aromatic rings. The zero-order chi connectivity index (χ0) is 20.8. The first-order chi connectivity index (χ1) is 13.2. The van der Waals surface area contributed by atoms with E-state index in [1.54, 1.807) is 0 Å². The lowest BCUT2D eigenvalue weighted by Crippen LogP contribution is -2.55. The van der Waals surface area contributed by atoms with Crippen molar-refractivity contribution in [1.29, 1.82) is 0 Å². The van der Waals surface area contributed by atoms with Crippen molar-refractivity contribution < 1.29 is 0 Å². The minimum absolute atomic E-state index is 0.286. The minimum Gasteiger partial charge on any atom is -0.355 e. The Kier molecular flexibility index (Phi) is 8.31. The molecule has 0 bridgehead atoms. The Hall–Kier alpha value is -1.60. The molecule has 1 saturated heterocycles. The number of piperazine rings is 1. The van der Waals surface area contributed by atoms with Crippen LogP contribution in [0.5, 0.6) is 0 Å². The van der Waals surface area contributed by atoms with Crippen LogP contribution in [0.1, 0.15) is 37.7 Å². The summed E-state index contributed by atoms with van der Waals surface area (Å²) in [6.45, 7) is 16.6. The normalized spacial score (nSPS) is 19.1. The Morgan fingerprint density at radius 2 is 1.75 bits per heavy atom. The first-order valence-electron chi connectivity index (χ1n) is 10.6. The molecule has 2 rings (SSSR count). The summed E-state index contributed by atoms with van der Waals surface area (Å²) in [5.74, 6) is 1.48. The molecule has 7 heteroatoms. The summed E-state index contributed by atoms with van der Waals surface area (Å²) in [4.78, 5) is 9.49. The highest BCUT2D eigenvalue weighted by atomic mass is 15.3. The summed E-state index contributed by atoms with van der Waals surface area (Å²) in [7, 11) is 6.07. The first kappa shape index (κ1) is 22.7. The number of nitrogens with zero attached hydrogens (tertiary/aromatic N) is 5. The van der Waals surface area contributed by atoms with Gasteiger partial charge < -0.3 is 15.5 Å². The average Bonchev–Trinajstić information content (AvgIpc) is 2.88. The van der Waals surface area contributed by atoms with E-state index >= 15 is 0 Å². The van der Waals surface area contributed by atoms with Gasteiger partial charge in [-0.15, -0.1) is 0 Å². The molecule has 7 nitrogen and oxygen atoms in total. The topological polar surface area (TPSA) is 60.7 Å². The van der Waals surface area contributed by atoms with Gasteiger partial charge in [0.05, 0.1) is 5.69 Å². The zero-order valence-electron chi connectivity index (χ0n) is 19.2. The van der Waals surface area contributed by atoms with Crippen molar-refractivity contribution in [2.45, 2.75) is 53.1 Å². The lowest BCUT2D eigenvalue weighted by Gasteiger charge is -2.40. The second-order valence-corrected chi connectivity index (χ2v) is 8.63. The Morgan fingerprint density at radius 1 is 1.11 bits per heavy atom. The Labute approximate surface area is 171 Å². The van der Waals surface area contributed by atoms with Crippen molar-refractivity contribution in [2.75, 3.05) is 46.8 Å². The monoisotopic (exact) mass is 391 g/mol. The van der Waals surface area contributed by atoms with Crippen molar-refractivity contribution in [2.24, 2.45) is 18.0 Å². The van der Waals surface area contributed by atoms with Gasteiger partial charge in [-0.3, -0.25) is 14.6 Å². The molecule has 2 N–H and O–H groups in total. The molecule has 2 atom stereocenters. The van der Waals surface area contributed by atoms with E-state index in [2.05, 4.69) is 72.2 Å².